The van der Waals surface area contributed by atoms with E-state index in [2.05, 4.69) is 5.32 Å². The number of rotatable bonds is 2. The minimum absolute atomic E-state index is 0.0637. The van der Waals surface area contributed by atoms with E-state index in [0.717, 1.165) is 18.5 Å². The van der Waals surface area contributed by atoms with Gasteiger partial charge in [0.05, 0.1) is 18.1 Å². The SMILES string of the molecule is CC1CN(C(=O)C2CCCN(C(=O)Nc3ccccc3)C2)CC(C)O1. The fraction of sp³-hybridized carbons (Fsp3) is 0.579. The lowest BCUT2D eigenvalue weighted by atomic mass is 9.96. The molecule has 2 heterocycles. The second-order valence-corrected chi connectivity index (χ2v) is 7.08. The van der Waals surface area contributed by atoms with Crippen molar-refractivity contribution in [2.75, 3.05) is 31.5 Å². The quantitative estimate of drug-likeness (QED) is 0.896. The first kappa shape index (κ1) is 17.7. The highest BCUT2D eigenvalue weighted by molar-refractivity contribution is 5.90. The number of urea groups is 1. The number of amides is 3. The molecule has 2 fully saturated rings. The van der Waals surface area contributed by atoms with Gasteiger partial charge in [-0.05, 0) is 38.8 Å². The number of piperidine rings is 1. The van der Waals surface area contributed by atoms with Crippen LogP contribution < -0.4 is 5.32 Å². The maximum absolute atomic E-state index is 12.9. The molecule has 0 aliphatic carbocycles. The van der Waals surface area contributed by atoms with E-state index < -0.39 is 0 Å². The molecule has 6 heteroatoms. The van der Waals surface area contributed by atoms with Gasteiger partial charge in [0.2, 0.25) is 5.91 Å². The number of hydrogen-bond donors (Lipinski definition) is 1. The summed E-state index contributed by atoms with van der Waals surface area (Å²) in [6.45, 7) is 6.44. The molecule has 0 radical (unpaired) electrons. The van der Waals surface area contributed by atoms with Gasteiger partial charge in [0.25, 0.3) is 0 Å². The van der Waals surface area contributed by atoms with Gasteiger partial charge in [-0.2, -0.15) is 0 Å². The highest BCUT2D eigenvalue weighted by Gasteiger charge is 2.34. The van der Waals surface area contributed by atoms with E-state index in [1.807, 2.05) is 49.1 Å². The molecular formula is C19H27N3O3. The zero-order chi connectivity index (χ0) is 17.8. The molecular weight excluding hydrogens is 318 g/mol. The summed E-state index contributed by atoms with van der Waals surface area (Å²) in [5, 5.41) is 2.91. The van der Waals surface area contributed by atoms with Crippen LogP contribution >= 0.6 is 0 Å². The molecule has 0 saturated carbocycles. The van der Waals surface area contributed by atoms with Crippen LogP contribution in [0.15, 0.2) is 30.3 Å². The molecule has 0 spiro atoms. The topological polar surface area (TPSA) is 61.9 Å². The van der Waals surface area contributed by atoms with E-state index in [1.165, 1.54) is 0 Å². The first-order valence-electron chi connectivity index (χ1n) is 9.08. The molecule has 1 aromatic carbocycles. The Morgan fingerprint density at radius 1 is 1.04 bits per heavy atom. The van der Waals surface area contributed by atoms with Crippen LogP contribution in [0.3, 0.4) is 0 Å². The summed E-state index contributed by atoms with van der Waals surface area (Å²) >= 11 is 0. The Morgan fingerprint density at radius 3 is 2.40 bits per heavy atom. The number of para-hydroxylation sites is 1. The third kappa shape index (κ3) is 4.51. The molecule has 136 valence electrons. The Hall–Kier alpha value is -2.08. The summed E-state index contributed by atoms with van der Waals surface area (Å²) in [5.74, 6) is 0.0342. The maximum Gasteiger partial charge on any atom is 0.321 e. The summed E-state index contributed by atoms with van der Waals surface area (Å²) in [5.41, 5.74) is 0.775. The van der Waals surface area contributed by atoms with Gasteiger partial charge >= 0.3 is 6.03 Å². The molecule has 1 aromatic rings. The average molecular weight is 345 g/mol. The summed E-state index contributed by atoms with van der Waals surface area (Å²) in [6, 6.07) is 9.28. The van der Waals surface area contributed by atoms with E-state index in [4.69, 9.17) is 4.74 Å². The van der Waals surface area contributed by atoms with Crippen molar-refractivity contribution in [3.05, 3.63) is 30.3 Å². The second kappa shape index (κ2) is 7.87. The summed E-state index contributed by atoms with van der Waals surface area (Å²) < 4.78 is 5.71. The van der Waals surface area contributed by atoms with E-state index in [9.17, 15) is 9.59 Å². The summed E-state index contributed by atoms with van der Waals surface area (Å²) in [6.07, 6.45) is 1.82. The molecule has 3 atom stereocenters. The van der Waals surface area contributed by atoms with E-state index in [-0.39, 0.29) is 30.1 Å². The average Bonchev–Trinajstić information content (AvgIpc) is 2.61. The summed E-state index contributed by atoms with van der Waals surface area (Å²) in [4.78, 5) is 29.0. The van der Waals surface area contributed by atoms with Crippen LogP contribution in [-0.2, 0) is 9.53 Å². The third-order valence-corrected chi connectivity index (χ3v) is 4.81. The Bertz CT molecular complexity index is 597. The standard InChI is InChI=1S/C19H27N3O3/c1-14-11-22(12-15(2)25-14)18(23)16-7-6-10-21(13-16)19(24)20-17-8-4-3-5-9-17/h3-5,8-9,14-16H,6-7,10-13H2,1-2H3,(H,20,24). The first-order chi connectivity index (χ1) is 12.0. The Balaban J connectivity index is 1.58. The van der Waals surface area contributed by atoms with Crippen molar-refractivity contribution in [3.63, 3.8) is 0 Å². The predicted octanol–water partition coefficient (Wildman–Crippen LogP) is 2.57. The van der Waals surface area contributed by atoms with Crippen LogP contribution in [0.25, 0.3) is 0 Å². The number of morpholine rings is 1. The van der Waals surface area contributed by atoms with Crippen LogP contribution in [0.5, 0.6) is 0 Å². The van der Waals surface area contributed by atoms with Gasteiger partial charge in [-0.25, -0.2) is 4.79 Å². The van der Waals surface area contributed by atoms with Crippen molar-refractivity contribution in [3.8, 4) is 0 Å². The van der Waals surface area contributed by atoms with Crippen LogP contribution in [0, 0.1) is 5.92 Å². The zero-order valence-electron chi connectivity index (χ0n) is 15.0. The van der Waals surface area contributed by atoms with E-state index in [1.54, 1.807) is 4.90 Å². The zero-order valence-corrected chi connectivity index (χ0v) is 15.0. The molecule has 3 unspecified atom stereocenters. The number of ether oxygens (including phenoxy) is 1. The normalized spacial score (nSPS) is 27.0. The molecule has 1 N–H and O–H groups in total. The predicted molar refractivity (Wildman–Crippen MR) is 96.3 cm³/mol. The highest BCUT2D eigenvalue weighted by Crippen LogP contribution is 2.22. The molecule has 2 aliphatic heterocycles. The number of nitrogens with one attached hydrogen (secondary N) is 1. The number of anilines is 1. The van der Waals surface area contributed by atoms with Gasteiger partial charge in [-0.15, -0.1) is 0 Å². The van der Waals surface area contributed by atoms with Gasteiger partial charge in [0.1, 0.15) is 0 Å². The molecule has 3 amide bonds. The van der Waals surface area contributed by atoms with E-state index in [0.29, 0.717) is 26.2 Å². The lowest BCUT2D eigenvalue weighted by Gasteiger charge is -2.39. The van der Waals surface area contributed by atoms with Gasteiger partial charge in [0, 0.05) is 31.9 Å². The number of carbonyl (C=O) groups is 2. The molecule has 2 aliphatic rings. The highest BCUT2D eigenvalue weighted by atomic mass is 16.5. The minimum atomic E-state index is -0.132. The van der Waals surface area contributed by atoms with Crippen LogP contribution in [0.1, 0.15) is 26.7 Å². The Labute approximate surface area is 149 Å². The molecule has 25 heavy (non-hydrogen) atoms. The van der Waals surface area contributed by atoms with Gasteiger partial charge in [-0.3, -0.25) is 4.79 Å². The Kier molecular flexibility index (Phi) is 5.58. The maximum atomic E-state index is 12.9. The number of likely N-dealkylation sites (tertiary alicyclic amines) is 1. The molecule has 0 bridgehead atoms. The van der Waals surface area contributed by atoms with Crippen molar-refractivity contribution < 1.29 is 14.3 Å². The van der Waals surface area contributed by atoms with Crippen molar-refractivity contribution in [2.45, 2.75) is 38.9 Å². The fourth-order valence-corrected chi connectivity index (χ4v) is 3.70. The second-order valence-electron chi connectivity index (χ2n) is 7.08. The van der Waals surface area contributed by atoms with Gasteiger partial charge in [-0.1, -0.05) is 18.2 Å². The number of nitrogens with zero attached hydrogens (tertiary/aromatic N) is 2. The molecule has 6 nitrogen and oxygen atoms in total. The lowest BCUT2D eigenvalue weighted by molar-refractivity contribution is -0.148. The van der Waals surface area contributed by atoms with E-state index >= 15 is 0 Å². The molecule has 2 saturated heterocycles. The third-order valence-electron chi connectivity index (χ3n) is 4.81. The van der Waals surface area contributed by atoms with Crippen molar-refractivity contribution in [2.24, 2.45) is 5.92 Å². The number of hydrogen-bond acceptors (Lipinski definition) is 3. The van der Waals surface area contributed by atoms with Crippen molar-refractivity contribution in [1.82, 2.24) is 9.80 Å². The molecule has 0 aromatic heterocycles. The van der Waals surface area contributed by atoms with Gasteiger partial charge in [0.15, 0.2) is 0 Å². The van der Waals surface area contributed by atoms with Crippen LogP contribution in [0.2, 0.25) is 0 Å². The minimum Gasteiger partial charge on any atom is -0.372 e. The smallest absolute Gasteiger partial charge is 0.321 e. The van der Waals surface area contributed by atoms with Crippen molar-refractivity contribution >= 4 is 17.6 Å². The fourth-order valence-electron chi connectivity index (χ4n) is 3.70. The summed E-state index contributed by atoms with van der Waals surface area (Å²) in [7, 11) is 0. The Morgan fingerprint density at radius 2 is 1.72 bits per heavy atom. The number of benzene rings is 1. The number of carbonyl (C=O) groups excluding carboxylic acids is 2. The molecule has 3 rings (SSSR count). The monoisotopic (exact) mass is 345 g/mol. The first-order valence-corrected chi connectivity index (χ1v) is 9.08. The largest absolute Gasteiger partial charge is 0.372 e. The van der Waals surface area contributed by atoms with Gasteiger partial charge < -0.3 is 19.9 Å². The van der Waals surface area contributed by atoms with Crippen molar-refractivity contribution in [1.29, 1.82) is 0 Å². The van der Waals surface area contributed by atoms with Crippen LogP contribution in [0.4, 0.5) is 10.5 Å². The lowest BCUT2D eigenvalue weighted by Crippen LogP contribution is -2.53. The van der Waals surface area contributed by atoms with Crippen LogP contribution in [-0.4, -0.2) is 60.1 Å².